The molecule has 2 aromatic carbocycles. The third-order valence-electron chi connectivity index (χ3n) is 4.06. The summed E-state index contributed by atoms with van der Waals surface area (Å²) in [5.41, 5.74) is 0.0322. The summed E-state index contributed by atoms with van der Waals surface area (Å²) in [4.78, 5) is 23.8. The van der Waals surface area contributed by atoms with Crippen molar-refractivity contribution in [3.63, 3.8) is 0 Å². The molecule has 0 saturated heterocycles. The van der Waals surface area contributed by atoms with E-state index in [4.69, 9.17) is 9.47 Å². The molecule has 0 spiro atoms. The maximum Gasteiger partial charge on any atom is 0.330 e. The minimum atomic E-state index is -0.413. The van der Waals surface area contributed by atoms with Gasteiger partial charge < -0.3 is 9.47 Å². The first kappa shape index (κ1) is 18.1. The van der Waals surface area contributed by atoms with Crippen LogP contribution in [0.3, 0.4) is 0 Å². The van der Waals surface area contributed by atoms with Crippen molar-refractivity contribution in [1.29, 1.82) is 0 Å². The number of carbonyl (C=O) groups excluding carboxylic acids is 1. The standard InChI is InChI=1S/C21H20O4S/c1-3-19(22)25-14(2)8-7-13-24-17-11-6-10-16-20(23)15-9-4-5-12-18(15)26-21(16)17/h3-6,9-12,14H,1,7-8,13H2,2H3. The van der Waals surface area contributed by atoms with E-state index in [2.05, 4.69) is 6.58 Å². The van der Waals surface area contributed by atoms with E-state index in [0.29, 0.717) is 24.2 Å². The molecular formula is C21H20O4S. The van der Waals surface area contributed by atoms with Crippen molar-refractivity contribution in [2.45, 2.75) is 25.9 Å². The predicted molar refractivity (Wildman–Crippen MR) is 106 cm³/mol. The highest BCUT2D eigenvalue weighted by atomic mass is 32.1. The van der Waals surface area contributed by atoms with E-state index in [1.54, 1.807) is 11.3 Å². The highest BCUT2D eigenvalue weighted by molar-refractivity contribution is 7.24. The topological polar surface area (TPSA) is 52.6 Å². The van der Waals surface area contributed by atoms with Crippen molar-refractivity contribution in [3.8, 4) is 5.75 Å². The quantitative estimate of drug-likeness (QED) is 0.263. The van der Waals surface area contributed by atoms with Crippen molar-refractivity contribution in [2.24, 2.45) is 0 Å². The third-order valence-corrected chi connectivity index (χ3v) is 5.26. The van der Waals surface area contributed by atoms with Gasteiger partial charge in [-0.25, -0.2) is 4.79 Å². The Bertz CT molecular complexity index is 1010. The number of esters is 1. The van der Waals surface area contributed by atoms with Gasteiger partial charge in [-0.2, -0.15) is 0 Å². The largest absolute Gasteiger partial charge is 0.492 e. The SMILES string of the molecule is C=CC(=O)OC(C)CCCOc1cccc2c(=O)c3ccccc3sc12. The Hall–Kier alpha value is -2.66. The van der Waals surface area contributed by atoms with Crippen LogP contribution < -0.4 is 10.2 Å². The molecule has 1 unspecified atom stereocenters. The lowest BCUT2D eigenvalue weighted by molar-refractivity contribution is -0.142. The van der Waals surface area contributed by atoms with Crippen LogP contribution in [-0.2, 0) is 9.53 Å². The molecule has 0 aliphatic heterocycles. The van der Waals surface area contributed by atoms with E-state index in [1.807, 2.05) is 49.4 Å². The van der Waals surface area contributed by atoms with Gasteiger partial charge in [0.1, 0.15) is 5.75 Å². The van der Waals surface area contributed by atoms with E-state index in [0.717, 1.165) is 27.3 Å². The zero-order chi connectivity index (χ0) is 18.5. The summed E-state index contributed by atoms with van der Waals surface area (Å²) >= 11 is 1.56. The van der Waals surface area contributed by atoms with Gasteiger partial charge in [0.15, 0.2) is 5.43 Å². The fraction of sp³-hybridized carbons (Fsp3) is 0.238. The number of carbonyl (C=O) groups is 1. The second-order valence-corrected chi connectivity index (χ2v) is 7.05. The second-order valence-electron chi connectivity index (χ2n) is 6.00. The number of hydrogen-bond donors (Lipinski definition) is 0. The average molecular weight is 368 g/mol. The first-order valence-corrected chi connectivity index (χ1v) is 9.32. The minimum absolute atomic E-state index is 0.0322. The summed E-state index contributed by atoms with van der Waals surface area (Å²) in [5, 5.41) is 1.42. The fourth-order valence-electron chi connectivity index (χ4n) is 2.77. The van der Waals surface area contributed by atoms with Crippen LogP contribution in [0, 0.1) is 0 Å². The van der Waals surface area contributed by atoms with E-state index >= 15 is 0 Å². The van der Waals surface area contributed by atoms with Gasteiger partial charge in [0, 0.05) is 21.5 Å². The lowest BCUT2D eigenvalue weighted by Gasteiger charge is -2.13. The van der Waals surface area contributed by atoms with E-state index in [9.17, 15) is 9.59 Å². The molecule has 0 amide bonds. The van der Waals surface area contributed by atoms with Gasteiger partial charge in [0.05, 0.1) is 17.4 Å². The van der Waals surface area contributed by atoms with Gasteiger partial charge in [-0.3, -0.25) is 4.79 Å². The van der Waals surface area contributed by atoms with Crippen LogP contribution in [0.2, 0.25) is 0 Å². The monoisotopic (exact) mass is 368 g/mol. The average Bonchev–Trinajstić information content (AvgIpc) is 2.65. The summed E-state index contributed by atoms with van der Waals surface area (Å²) in [6, 6.07) is 13.2. The zero-order valence-corrected chi connectivity index (χ0v) is 15.4. The van der Waals surface area contributed by atoms with Gasteiger partial charge in [0.25, 0.3) is 0 Å². The summed E-state index contributed by atoms with van der Waals surface area (Å²) in [7, 11) is 0. The second kappa shape index (κ2) is 8.15. The van der Waals surface area contributed by atoms with E-state index < -0.39 is 5.97 Å². The van der Waals surface area contributed by atoms with Crippen LogP contribution in [-0.4, -0.2) is 18.7 Å². The smallest absolute Gasteiger partial charge is 0.330 e. The van der Waals surface area contributed by atoms with Gasteiger partial charge in [-0.05, 0) is 44.0 Å². The van der Waals surface area contributed by atoms with Gasteiger partial charge in [-0.15, -0.1) is 11.3 Å². The summed E-state index contributed by atoms with van der Waals surface area (Å²) < 4.78 is 12.9. The maximum absolute atomic E-state index is 12.7. The molecule has 26 heavy (non-hydrogen) atoms. The number of benzene rings is 2. The van der Waals surface area contributed by atoms with Crippen LogP contribution in [0.25, 0.3) is 20.2 Å². The Morgan fingerprint density at radius 3 is 2.77 bits per heavy atom. The molecule has 134 valence electrons. The van der Waals surface area contributed by atoms with Crippen molar-refractivity contribution < 1.29 is 14.3 Å². The van der Waals surface area contributed by atoms with Crippen LogP contribution in [0.1, 0.15) is 19.8 Å². The van der Waals surface area contributed by atoms with E-state index in [1.165, 1.54) is 0 Å². The van der Waals surface area contributed by atoms with Gasteiger partial charge in [-0.1, -0.05) is 24.8 Å². The molecule has 4 nitrogen and oxygen atoms in total. The molecule has 5 heteroatoms. The predicted octanol–water partition coefficient (Wildman–Crippen LogP) is 4.69. The first-order valence-electron chi connectivity index (χ1n) is 8.50. The Kier molecular flexibility index (Phi) is 5.68. The highest BCUT2D eigenvalue weighted by Crippen LogP contribution is 2.31. The Balaban J connectivity index is 1.73. The number of ether oxygens (including phenoxy) is 2. The third kappa shape index (κ3) is 3.94. The normalized spacial score (nSPS) is 12.0. The Morgan fingerprint density at radius 2 is 1.96 bits per heavy atom. The number of hydrogen-bond acceptors (Lipinski definition) is 5. The molecule has 0 bridgehead atoms. The molecule has 1 heterocycles. The van der Waals surface area contributed by atoms with Crippen molar-refractivity contribution in [2.75, 3.05) is 6.61 Å². The molecule has 1 atom stereocenters. The fourth-order valence-corrected chi connectivity index (χ4v) is 3.91. The summed E-state index contributed by atoms with van der Waals surface area (Å²) in [6.45, 7) is 5.72. The summed E-state index contributed by atoms with van der Waals surface area (Å²) in [5.74, 6) is 0.301. The summed E-state index contributed by atoms with van der Waals surface area (Å²) in [6.07, 6.45) is 2.42. The molecule has 0 fully saturated rings. The first-order chi connectivity index (χ1) is 12.6. The van der Waals surface area contributed by atoms with Crippen molar-refractivity contribution in [1.82, 2.24) is 0 Å². The lowest BCUT2D eigenvalue weighted by atomic mass is 10.2. The van der Waals surface area contributed by atoms with Gasteiger partial charge >= 0.3 is 5.97 Å². The molecule has 3 rings (SSSR count). The minimum Gasteiger partial charge on any atom is -0.492 e. The van der Waals surface area contributed by atoms with Crippen molar-refractivity contribution >= 4 is 37.5 Å². The van der Waals surface area contributed by atoms with Crippen LogP contribution in [0.4, 0.5) is 0 Å². The van der Waals surface area contributed by atoms with Crippen molar-refractivity contribution in [3.05, 3.63) is 65.3 Å². The number of rotatable bonds is 7. The van der Waals surface area contributed by atoms with Gasteiger partial charge in [0.2, 0.25) is 0 Å². The maximum atomic E-state index is 12.7. The van der Waals surface area contributed by atoms with Crippen LogP contribution in [0.15, 0.2) is 59.9 Å². The zero-order valence-electron chi connectivity index (χ0n) is 14.6. The lowest BCUT2D eigenvalue weighted by Crippen LogP contribution is -2.14. The van der Waals surface area contributed by atoms with E-state index in [-0.39, 0.29) is 11.5 Å². The number of fused-ring (bicyclic) bond motifs is 2. The Morgan fingerprint density at radius 1 is 1.19 bits per heavy atom. The molecule has 0 N–H and O–H groups in total. The molecule has 0 saturated carbocycles. The highest BCUT2D eigenvalue weighted by Gasteiger charge is 2.10. The molecule has 0 aliphatic rings. The molecule has 0 radical (unpaired) electrons. The van der Waals surface area contributed by atoms with Crippen LogP contribution >= 0.6 is 11.3 Å². The molecule has 0 aliphatic carbocycles. The molecule has 3 aromatic rings. The molecule has 1 aromatic heterocycles. The van der Waals surface area contributed by atoms with Crippen LogP contribution in [0.5, 0.6) is 5.75 Å². The molecular weight excluding hydrogens is 348 g/mol. The Labute approximate surface area is 155 Å².